The molecule has 0 aromatic carbocycles. The van der Waals surface area contributed by atoms with Crippen molar-refractivity contribution < 1.29 is 4.79 Å². The van der Waals surface area contributed by atoms with Gasteiger partial charge < -0.3 is 11.5 Å². The molecule has 0 unspecified atom stereocenters. The maximum absolute atomic E-state index is 11.0. The SMILES string of the molecule is NC(=O)c1cnc(-c2cncc(Br)c2)nc1N. The Morgan fingerprint density at radius 2 is 2.06 bits per heavy atom. The van der Waals surface area contributed by atoms with Crippen LogP contribution in [-0.4, -0.2) is 20.9 Å². The van der Waals surface area contributed by atoms with Crippen molar-refractivity contribution in [1.82, 2.24) is 15.0 Å². The molecule has 17 heavy (non-hydrogen) atoms. The normalized spacial score (nSPS) is 10.2. The van der Waals surface area contributed by atoms with E-state index in [1.165, 1.54) is 6.20 Å². The summed E-state index contributed by atoms with van der Waals surface area (Å²) in [5.41, 5.74) is 11.5. The summed E-state index contributed by atoms with van der Waals surface area (Å²) in [5.74, 6) is -0.204. The van der Waals surface area contributed by atoms with Crippen molar-refractivity contribution in [2.75, 3.05) is 5.73 Å². The van der Waals surface area contributed by atoms with Crippen molar-refractivity contribution in [1.29, 1.82) is 0 Å². The number of anilines is 1. The third-order valence-electron chi connectivity index (χ3n) is 2.05. The molecule has 0 spiro atoms. The summed E-state index contributed by atoms with van der Waals surface area (Å²) in [6.45, 7) is 0. The number of pyridine rings is 1. The molecule has 0 radical (unpaired) electrons. The zero-order chi connectivity index (χ0) is 12.4. The Bertz CT molecular complexity index is 587. The maximum Gasteiger partial charge on any atom is 0.254 e. The van der Waals surface area contributed by atoms with Crippen LogP contribution in [0.2, 0.25) is 0 Å². The Balaban J connectivity index is 2.48. The topological polar surface area (TPSA) is 108 Å². The van der Waals surface area contributed by atoms with Crippen LogP contribution in [0.1, 0.15) is 10.4 Å². The molecular formula is C10H8BrN5O. The van der Waals surface area contributed by atoms with Gasteiger partial charge in [-0.1, -0.05) is 0 Å². The van der Waals surface area contributed by atoms with Crippen LogP contribution in [-0.2, 0) is 0 Å². The molecule has 0 aliphatic rings. The van der Waals surface area contributed by atoms with Gasteiger partial charge in [0.15, 0.2) is 5.82 Å². The minimum absolute atomic E-state index is 0.0578. The molecule has 6 nitrogen and oxygen atoms in total. The predicted octanol–water partition coefficient (Wildman–Crippen LogP) is 0.982. The highest BCUT2D eigenvalue weighted by Gasteiger charge is 2.10. The minimum Gasteiger partial charge on any atom is -0.383 e. The average Bonchev–Trinajstić information content (AvgIpc) is 2.28. The summed E-state index contributed by atoms with van der Waals surface area (Å²) in [5, 5.41) is 0. The van der Waals surface area contributed by atoms with Crippen LogP contribution < -0.4 is 11.5 Å². The van der Waals surface area contributed by atoms with Gasteiger partial charge in [-0.15, -0.1) is 0 Å². The monoisotopic (exact) mass is 293 g/mol. The highest BCUT2D eigenvalue weighted by molar-refractivity contribution is 9.10. The number of primary amides is 1. The minimum atomic E-state index is -0.651. The van der Waals surface area contributed by atoms with E-state index in [1.807, 2.05) is 0 Å². The number of amides is 1. The number of carbonyl (C=O) groups excluding carboxylic acids is 1. The highest BCUT2D eigenvalue weighted by atomic mass is 79.9. The number of hydrogen-bond acceptors (Lipinski definition) is 5. The van der Waals surface area contributed by atoms with Gasteiger partial charge in [-0.25, -0.2) is 9.97 Å². The van der Waals surface area contributed by atoms with Crippen molar-refractivity contribution in [2.45, 2.75) is 0 Å². The predicted molar refractivity (Wildman–Crippen MR) is 65.9 cm³/mol. The summed E-state index contributed by atoms with van der Waals surface area (Å²) in [6.07, 6.45) is 4.55. The molecule has 0 saturated heterocycles. The summed E-state index contributed by atoms with van der Waals surface area (Å²) in [4.78, 5) is 23.0. The van der Waals surface area contributed by atoms with Crippen LogP contribution >= 0.6 is 15.9 Å². The summed E-state index contributed by atoms with van der Waals surface area (Å²) in [7, 11) is 0. The van der Waals surface area contributed by atoms with Gasteiger partial charge in [0.1, 0.15) is 5.82 Å². The van der Waals surface area contributed by atoms with Crippen molar-refractivity contribution in [3.05, 3.63) is 34.7 Å². The van der Waals surface area contributed by atoms with Gasteiger partial charge in [0, 0.05) is 28.6 Å². The summed E-state index contributed by atoms with van der Waals surface area (Å²) < 4.78 is 0.802. The first kappa shape index (κ1) is 11.5. The van der Waals surface area contributed by atoms with E-state index in [0.717, 1.165) is 4.47 Å². The second kappa shape index (κ2) is 4.46. The maximum atomic E-state index is 11.0. The first-order chi connectivity index (χ1) is 8.08. The lowest BCUT2D eigenvalue weighted by Gasteiger charge is -2.03. The molecule has 1 amide bonds. The average molecular weight is 294 g/mol. The van der Waals surface area contributed by atoms with Crippen LogP contribution in [0.4, 0.5) is 5.82 Å². The molecule has 2 aromatic heterocycles. The molecular weight excluding hydrogens is 286 g/mol. The number of nitrogens with two attached hydrogens (primary N) is 2. The lowest BCUT2D eigenvalue weighted by molar-refractivity contribution is 0.100. The Morgan fingerprint density at radius 1 is 1.29 bits per heavy atom. The number of halogens is 1. The molecule has 2 rings (SSSR count). The quantitative estimate of drug-likeness (QED) is 0.858. The molecule has 0 fully saturated rings. The van der Waals surface area contributed by atoms with Crippen LogP contribution in [0.25, 0.3) is 11.4 Å². The van der Waals surface area contributed by atoms with Crippen LogP contribution in [0.5, 0.6) is 0 Å². The molecule has 4 N–H and O–H groups in total. The highest BCUT2D eigenvalue weighted by Crippen LogP contribution is 2.19. The van der Waals surface area contributed by atoms with Crippen LogP contribution in [0, 0.1) is 0 Å². The van der Waals surface area contributed by atoms with Crippen molar-refractivity contribution in [2.24, 2.45) is 5.73 Å². The molecule has 0 aliphatic carbocycles. The van der Waals surface area contributed by atoms with E-state index in [2.05, 4.69) is 30.9 Å². The number of carbonyl (C=O) groups is 1. The van der Waals surface area contributed by atoms with Crippen LogP contribution in [0.15, 0.2) is 29.1 Å². The van der Waals surface area contributed by atoms with E-state index in [-0.39, 0.29) is 11.4 Å². The molecule has 0 bridgehead atoms. The van der Waals surface area contributed by atoms with Crippen LogP contribution in [0.3, 0.4) is 0 Å². The third-order valence-corrected chi connectivity index (χ3v) is 2.48. The van der Waals surface area contributed by atoms with Gasteiger partial charge in [-0.2, -0.15) is 0 Å². The molecule has 86 valence electrons. The van der Waals surface area contributed by atoms with Gasteiger partial charge in [0.2, 0.25) is 0 Å². The number of hydrogen-bond donors (Lipinski definition) is 2. The molecule has 7 heteroatoms. The molecule has 2 heterocycles. The Morgan fingerprint density at radius 3 is 2.65 bits per heavy atom. The van der Waals surface area contributed by atoms with Crippen molar-refractivity contribution in [3.8, 4) is 11.4 Å². The van der Waals surface area contributed by atoms with Gasteiger partial charge in [0.05, 0.1) is 5.56 Å². The Labute approximate surface area is 105 Å². The first-order valence-corrected chi connectivity index (χ1v) is 5.40. The fourth-order valence-corrected chi connectivity index (χ4v) is 1.62. The van der Waals surface area contributed by atoms with E-state index >= 15 is 0 Å². The van der Waals surface area contributed by atoms with Gasteiger partial charge >= 0.3 is 0 Å². The van der Waals surface area contributed by atoms with E-state index in [9.17, 15) is 4.79 Å². The zero-order valence-electron chi connectivity index (χ0n) is 8.59. The Hall–Kier alpha value is -2.02. The fourth-order valence-electron chi connectivity index (χ4n) is 1.26. The molecule has 0 atom stereocenters. The van der Waals surface area contributed by atoms with E-state index in [0.29, 0.717) is 11.4 Å². The first-order valence-electron chi connectivity index (χ1n) is 4.61. The molecule has 0 saturated carbocycles. The lowest BCUT2D eigenvalue weighted by Crippen LogP contribution is -2.15. The van der Waals surface area contributed by atoms with Gasteiger partial charge in [-0.3, -0.25) is 9.78 Å². The number of nitrogens with zero attached hydrogens (tertiary/aromatic N) is 3. The second-order valence-electron chi connectivity index (χ2n) is 3.25. The van der Waals surface area contributed by atoms with Crippen molar-refractivity contribution >= 4 is 27.7 Å². The summed E-state index contributed by atoms with van der Waals surface area (Å²) in [6, 6.07) is 1.80. The third kappa shape index (κ3) is 2.39. The van der Waals surface area contributed by atoms with E-state index in [1.54, 1.807) is 18.5 Å². The van der Waals surface area contributed by atoms with E-state index in [4.69, 9.17) is 11.5 Å². The Kier molecular flexibility index (Phi) is 3.01. The summed E-state index contributed by atoms with van der Waals surface area (Å²) >= 11 is 3.29. The number of nitrogen functional groups attached to an aromatic ring is 1. The largest absolute Gasteiger partial charge is 0.383 e. The van der Waals surface area contributed by atoms with E-state index < -0.39 is 5.91 Å². The lowest BCUT2D eigenvalue weighted by atomic mass is 10.2. The number of aromatic nitrogens is 3. The smallest absolute Gasteiger partial charge is 0.254 e. The second-order valence-corrected chi connectivity index (χ2v) is 4.16. The molecule has 2 aromatic rings. The molecule has 0 aliphatic heterocycles. The zero-order valence-corrected chi connectivity index (χ0v) is 10.2. The van der Waals surface area contributed by atoms with Gasteiger partial charge in [-0.05, 0) is 22.0 Å². The standard InChI is InChI=1S/C10H8BrN5O/c11-6-1-5(2-14-3-6)10-15-4-7(9(13)17)8(12)16-10/h1-4H,(H2,13,17)(H2,12,15,16). The fraction of sp³-hybridized carbons (Fsp3) is 0. The number of rotatable bonds is 2. The van der Waals surface area contributed by atoms with Gasteiger partial charge in [0.25, 0.3) is 5.91 Å². The van der Waals surface area contributed by atoms with Crippen molar-refractivity contribution in [3.63, 3.8) is 0 Å².